The summed E-state index contributed by atoms with van der Waals surface area (Å²) in [4.78, 5) is 28.3. The number of amides is 1. The third kappa shape index (κ3) is 5.17. The van der Waals surface area contributed by atoms with E-state index >= 15 is 0 Å². The van der Waals surface area contributed by atoms with Crippen LogP contribution in [-0.2, 0) is 22.2 Å². The lowest BCUT2D eigenvalue weighted by molar-refractivity contribution is -0.148. The molecule has 0 radical (unpaired) electrons. The highest BCUT2D eigenvalue weighted by Crippen LogP contribution is 2.36. The molecule has 0 spiro atoms. The summed E-state index contributed by atoms with van der Waals surface area (Å²) in [7, 11) is 0. The van der Waals surface area contributed by atoms with Crippen LogP contribution in [-0.4, -0.2) is 90.0 Å². The predicted octanol–water partition coefficient (Wildman–Crippen LogP) is 3.25. The fraction of sp³-hybridized carbons (Fsp3) is 0.593. The Bertz CT molecular complexity index is 1220. The van der Waals surface area contributed by atoms with Gasteiger partial charge in [-0.2, -0.15) is 13.2 Å². The second-order valence-electron chi connectivity index (χ2n) is 10.6. The van der Waals surface area contributed by atoms with Gasteiger partial charge in [-0.3, -0.25) is 9.69 Å². The van der Waals surface area contributed by atoms with E-state index in [4.69, 9.17) is 14.2 Å². The van der Waals surface area contributed by atoms with E-state index in [-0.39, 0.29) is 25.3 Å². The molecular formula is C27H32F3N5O4. The molecule has 5 heterocycles. The molecule has 6 rings (SSSR count). The van der Waals surface area contributed by atoms with Crippen molar-refractivity contribution in [1.82, 2.24) is 19.8 Å². The fourth-order valence-electron chi connectivity index (χ4n) is 6.25. The summed E-state index contributed by atoms with van der Waals surface area (Å²) in [5.41, 5.74) is 0.583. The number of likely N-dealkylation sites (tertiary alicyclic amines) is 1. The zero-order chi connectivity index (χ0) is 27.1. The Morgan fingerprint density at radius 3 is 2.69 bits per heavy atom. The number of hydrogen-bond donors (Lipinski definition) is 0. The van der Waals surface area contributed by atoms with Crippen molar-refractivity contribution >= 4 is 11.7 Å². The molecule has 1 aromatic carbocycles. The number of benzene rings is 1. The Kier molecular flexibility index (Phi) is 7.11. The van der Waals surface area contributed by atoms with Crippen molar-refractivity contribution in [2.75, 3.05) is 51.1 Å². The quantitative estimate of drug-likeness (QED) is 0.580. The summed E-state index contributed by atoms with van der Waals surface area (Å²) in [6, 6.07) is 4.24. The van der Waals surface area contributed by atoms with Crippen molar-refractivity contribution in [2.45, 2.75) is 57.1 Å². The number of nitrogens with zero attached hydrogens (tertiary/aromatic N) is 5. The summed E-state index contributed by atoms with van der Waals surface area (Å²) in [5, 5.41) is 0. The van der Waals surface area contributed by atoms with Crippen molar-refractivity contribution in [1.29, 1.82) is 0 Å². The van der Waals surface area contributed by atoms with Crippen LogP contribution in [0.25, 0.3) is 0 Å². The Morgan fingerprint density at radius 1 is 1.08 bits per heavy atom. The number of piperidine rings is 1. The number of fused-ring (bicyclic) bond motifs is 2. The maximum absolute atomic E-state index is 13.5. The van der Waals surface area contributed by atoms with Crippen LogP contribution in [0, 0.1) is 6.92 Å². The van der Waals surface area contributed by atoms with Gasteiger partial charge in [0, 0.05) is 49.5 Å². The average molecular weight is 548 g/mol. The van der Waals surface area contributed by atoms with Gasteiger partial charge in [0.15, 0.2) is 6.73 Å². The van der Waals surface area contributed by atoms with E-state index in [1.165, 1.54) is 12.4 Å². The van der Waals surface area contributed by atoms with Gasteiger partial charge in [-0.25, -0.2) is 9.97 Å². The van der Waals surface area contributed by atoms with E-state index in [0.717, 1.165) is 44.5 Å². The third-order valence-electron chi connectivity index (χ3n) is 8.28. The molecule has 210 valence electrons. The molecule has 39 heavy (non-hydrogen) atoms. The summed E-state index contributed by atoms with van der Waals surface area (Å²) in [6.07, 6.45) is -0.252. The van der Waals surface area contributed by atoms with Crippen LogP contribution in [0.15, 0.2) is 24.5 Å². The number of carbonyl (C=O) groups excluding carboxylic acids is 1. The second kappa shape index (κ2) is 10.5. The summed E-state index contributed by atoms with van der Waals surface area (Å²) in [6.45, 7) is 6.34. The third-order valence-corrected chi connectivity index (χ3v) is 8.28. The van der Waals surface area contributed by atoms with Gasteiger partial charge in [0.2, 0.25) is 0 Å². The van der Waals surface area contributed by atoms with E-state index < -0.39 is 11.7 Å². The molecular weight excluding hydrogens is 515 g/mol. The van der Waals surface area contributed by atoms with E-state index in [9.17, 15) is 18.0 Å². The number of rotatable bonds is 3. The van der Waals surface area contributed by atoms with Gasteiger partial charge in [-0.1, -0.05) is 0 Å². The van der Waals surface area contributed by atoms with Gasteiger partial charge in [0.05, 0.1) is 31.4 Å². The standard InChI is InChI=1S/C27H32F3N5O4/c1-17-24(26(36)33-7-4-20(5-8-33)35-9-11-38-23-14-37-10-6-21(23)35)31-15-32-25(17)34-13-18-12-19(27(28,29)30)2-3-22(18)39-16-34/h2-3,12,15,20-21,23H,4-11,13-14,16H2,1H3. The molecule has 4 aliphatic heterocycles. The zero-order valence-electron chi connectivity index (χ0n) is 21.8. The minimum Gasteiger partial charge on any atom is -0.473 e. The Labute approximate surface area is 224 Å². The van der Waals surface area contributed by atoms with Crippen LogP contribution in [0.2, 0.25) is 0 Å². The molecule has 12 heteroatoms. The van der Waals surface area contributed by atoms with Crippen LogP contribution in [0.5, 0.6) is 5.75 Å². The topological polar surface area (TPSA) is 80.3 Å². The van der Waals surface area contributed by atoms with Crippen molar-refractivity contribution in [3.05, 3.63) is 46.9 Å². The van der Waals surface area contributed by atoms with E-state index in [2.05, 4.69) is 14.9 Å². The van der Waals surface area contributed by atoms with Gasteiger partial charge in [-0.15, -0.1) is 0 Å². The summed E-state index contributed by atoms with van der Waals surface area (Å²) < 4.78 is 56.9. The minimum absolute atomic E-state index is 0.113. The van der Waals surface area contributed by atoms with E-state index in [1.54, 1.807) is 11.8 Å². The number of halogens is 3. The minimum atomic E-state index is -4.44. The first kappa shape index (κ1) is 26.3. The number of alkyl halides is 3. The largest absolute Gasteiger partial charge is 0.473 e. The molecule has 0 bridgehead atoms. The van der Waals surface area contributed by atoms with Gasteiger partial charge < -0.3 is 24.0 Å². The molecule has 0 saturated carbocycles. The molecule has 4 aliphatic rings. The highest BCUT2D eigenvalue weighted by atomic mass is 19.4. The monoisotopic (exact) mass is 547 g/mol. The number of anilines is 1. The first-order chi connectivity index (χ1) is 18.8. The first-order valence-electron chi connectivity index (χ1n) is 13.4. The molecule has 2 atom stereocenters. The van der Waals surface area contributed by atoms with Crippen molar-refractivity contribution in [3.63, 3.8) is 0 Å². The highest BCUT2D eigenvalue weighted by molar-refractivity contribution is 5.94. The summed E-state index contributed by atoms with van der Waals surface area (Å²) in [5.74, 6) is 0.737. The van der Waals surface area contributed by atoms with Gasteiger partial charge in [0.25, 0.3) is 5.91 Å². The van der Waals surface area contributed by atoms with Gasteiger partial charge in [0.1, 0.15) is 23.6 Å². The van der Waals surface area contributed by atoms with Crippen LogP contribution >= 0.6 is 0 Å². The lowest BCUT2D eigenvalue weighted by Gasteiger charge is -2.49. The molecule has 0 N–H and O–H groups in total. The molecule has 9 nitrogen and oxygen atoms in total. The van der Waals surface area contributed by atoms with E-state index in [1.807, 2.05) is 4.90 Å². The van der Waals surface area contributed by atoms with Crippen molar-refractivity contribution < 1.29 is 32.2 Å². The van der Waals surface area contributed by atoms with E-state index in [0.29, 0.717) is 66.8 Å². The van der Waals surface area contributed by atoms with Crippen molar-refractivity contribution in [3.8, 4) is 5.75 Å². The zero-order valence-corrected chi connectivity index (χ0v) is 21.8. The first-order valence-corrected chi connectivity index (χ1v) is 13.4. The molecule has 0 aliphatic carbocycles. The number of hydrogen-bond acceptors (Lipinski definition) is 8. The SMILES string of the molecule is Cc1c(C(=O)N2CCC(N3CCOC4COCCC43)CC2)ncnc1N1COc2ccc(C(F)(F)F)cc2C1. The number of carbonyl (C=O) groups is 1. The second-order valence-corrected chi connectivity index (χ2v) is 10.6. The number of ether oxygens (including phenoxy) is 3. The molecule has 2 unspecified atom stereocenters. The maximum atomic E-state index is 13.5. The van der Waals surface area contributed by atoms with Crippen LogP contribution in [0.4, 0.5) is 19.0 Å². The highest BCUT2D eigenvalue weighted by Gasteiger charge is 2.40. The Hall–Kier alpha value is -2.96. The normalized spacial score (nSPS) is 24.6. The Morgan fingerprint density at radius 2 is 1.90 bits per heavy atom. The molecule has 1 aromatic heterocycles. The maximum Gasteiger partial charge on any atom is 0.416 e. The van der Waals surface area contributed by atoms with Crippen LogP contribution < -0.4 is 9.64 Å². The smallest absolute Gasteiger partial charge is 0.416 e. The molecule has 2 aromatic rings. The average Bonchev–Trinajstić information content (AvgIpc) is 2.96. The molecule has 1 amide bonds. The van der Waals surface area contributed by atoms with Crippen LogP contribution in [0.3, 0.4) is 0 Å². The number of aromatic nitrogens is 2. The van der Waals surface area contributed by atoms with Crippen molar-refractivity contribution in [2.24, 2.45) is 0 Å². The summed E-state index contributed by atoms with van der Waals surface area (Å²) >= 11 is 0. The van der Waals surface area contributed by atoms with Crippen LogP contribution in [0.1, 0.15) is 46.4 Å². The van der Waals surface area contributed by atoms with Gasteiger partial charge >= 0.3 is 6.18 Å². The lowest BCUT2D eigenvalue weighted by Crippen LogP contribution is -2.60. The Balaban J connectivity index is 1.13. The predicted molar refractivity (Wildman–Crippen MR) is 134 cm³/mol. The molecule has 3 saturated heterocycles. The lowest BCUT2D eigenvalue weighted by atomic mass is 9.95. The fourth-order valence-corrected chi connectivity index (χ4v) is 6.25. The number of morpholine rings is 1. The van der Waals surface area contributed by atoms with Gasteiger partial charge in [-0.05, 0) is 44.4 Å². The molecule has 3 fully saturated rings.